The Balaban J connectivity index is 1.55. The van der Waals surface area contributed by atoms with Gasteiger partial charge in [-0.15, -0.1) is 0 Å². The minimum Gasteiger partial charge on any atom is -0.395 e. The maximum absolute atomic E-state index is 13.2. The molecule has 2 aromatic heterocycles. The summed E-state index contributed by atoms with van der Waals surface area (Å²) in [7, 11) is 0. The van der Waals surface area contributed by atoms with E-state index in [1.54, 1.807) is 12.4 Å². The molecular formula is C24H28N8O3. The smallest absolute Gasteiger partial charge is 0.254 e. The van der Waals surface area contributed by atoms with E-state index in [-0.39, 0.29) is 18.5 Å². The number of morpholine rings is 1. The Morgan fingerprint density at radius 3 is 2.69 bits per heavy atom. The van der Waals surface area contributed by atoms with Gasteiger partial charge >= 0.3 is 0 Å². The van der Waals surface area contributed by atoms with Crippen molar-refractivity contribution in [3.05, 3.63) is 47.3 Å². The summed E-state index contributed by atoms with van der Waals surface area (Å²) in [6.07, 6.45) is 4.02. The van der Waals surface area contributed by atoms with Crippen molar-refractivity contribution in [2.24, 2.45) is 0 Å². The van der Waals surface area contributed by atoms with E-state index >= 15 is 0 Å². The van der Waals surface area contributed by atoms with Gasteiger partial charge in [0.25, 0.3) is 5.91 Å². The SMILES string of the molecule is Cc1c(C(=O)N2CCOCC2)cccc1N1CCc2c(-c3cnc(N)nc3)nc(NCCO)nc21. The Bertz CT molecular complexity index is 1230. The van der Waals surface area contributed by atoms with Crippen molar-refractivity contribution in [1.82, 2.24) is 24.8 Å². The zero-order valence-electron chi connectivity index (χ0n) is 19.6. The average Bonchev–Trinajstić information content (AvgIpc) is 3.31. The molecule has 0 unspecified atom stereocenters. The minimum absolute atomic E-state index is 0.0137. The van der Waals surface area contributed by atoms with E-state index in [0.717, 1.165) is 40.3 Å². The molecule has 1 fully saturated rings. The fourth-order valence-corrected chi connectivity index (χ4v) is 4.52. The molecule has 182 valence electrons. The Morgan fingerprint density at radius 2 is 1.94 bits per heavy atom. The molecule has 0 saturated carbocycles. The minimum atomic E-state index is -0.0464. The number of nitrogens with two attached hydrogens (primary N) is 1. The predicted molar refractivity (Wildman–Crippen MR) is 132 cm³/mol. The normalized spacial score (nSPS) is 15.3. The lowest BCUT2D eigenvalue weighted by Crippen LogP contribution is -2.41. The number of aliphatic hydroxyl groups is 1. The third-order valence-corrected chi connectivity index (χ3v) is 6.29. The third-order valence-electron chi connectivity index (χ3n) is 6.29. The lowest BCUT2D eigenvalue weighted by atomic mass is 10.0. The van der Waals surface area contributed by atoms with Gasteiger partial charge in [0.15, 0.2) is 0 Å². The topological polar surface area (TPSA) is 143 Å². The first-order chi connectivity index (χ1) is 17.1. The highest BCUT2D eigenvalue weighted by molar-refractivity contribution is 5.97. The summed E-state index contributed by atoms with van der Waals surface area (Å²) in [5.74, 6) is 1.36. The van der Waals surface area contributed by atoms with Crippen LogP contribution in [0.2, 0.25) is 0 Å². The molecule has 0 atom stereocenters. The molecule has 5 rings (SSSR count). The van der Waals surface area contributed by atoms with E-state index in [1.807, 2.05) is 30.0 Å². The molecule has 11 heteroatoms. The van der Waals surface area contributed by atoms with Crippen molar-refractivity contribution in [3.63, 3.8) is 0 Å². The highest BCUT2D eigenvalue weighted by Crippen LogP contribution is 2.40. The molecule has 4 N–H and O–H groups in total. The Morgan fingerprint density at radius 1 is 1.17 bits per heavy atom. The number of nitrogens with one attached hydrogen (secondary N) is 1. The number of hydrogen-bond acceptors (Lipinski definition) is 10. The first kappa shape index (κ1) is 22.9. The van der Waals surface area contributed by atoms with Crippen LogP contribution in [0.1, 0.15) is 21.5 Å². The summed E-state index contributed by atoms with van der Waals surface area (Å²) < 4.78 is 5.40. The van der Waals surface area contributed by atoms with Gasteiger partial charge in [-0.05, 0) is 31.0 Å². The summed E-state index contributed by atoms with van der Waals surface area (Å²) in [6, 6.07) is 5.79. The van der Waals surface area contributed by atoms with Crippen LogP contribution < -0.4 is 16.0 Å². The quantitative estimate of drug-likeness (QED) is 0.478. The highest BCUT2D eigenvalue weighted by Gasteiger charge is 2.30. The van der Waals surface area contributed by atoms with Gasteiger partial charge in [0, 0.05) is 61.0 Å². The largest absolute Gasteiger partial charge is 0.395 e. The van der Waals surface area contributed by atoms with Crippen molar-refractivity contribution >= 4 is 29.3 Å². The molecule has 2 aliphatic heterocycles. The maximum atomic E-state index is 13.2. The van der Waals surface area contributed by atoms with Crippen molar-refractivity contribution in [3.8, 4) is 11.3 Å². The molecule has 4 heterocycles. The van der Waals surface area contributed by atoms with Crippen LogP contribution in [0.3, 0.4) is 0 Å². The third kappa shape index (κ3) is 4.47. The molecular weight excluding hydrogens is 448 g/mol. The van der Waals surface area contributed by atoms with E-state index in [0.29, 0.717) is 50.9 Å². The number of rotatable bonds is 6. The maximum Gasteiger partial charge on any atom is 0.254 e. The summed E-state index contributed by atoms with van der Waals surface area (Å²) in [4.78, 5) is 34.9. The molecule has 1 saturated heterocycles. The second kappa shape index (κ2) is 9.80. The van der Waals surface area contributed by atoms with Crippen LogP contribution >= 0.6 is 0 Å². The standard InChI is InChI=1S/C24H28N8O3/c1-15-17(22(34)31-8-11-35-12-9-31)3-2-4-19(15)32-7-5-18-20(16-13-27-23(25)28-14-16)29-24(26-6-10-33)30-21(18)32/h2-4,13-14,33H,5-12H2,1H3,(H2,25,27,28)(H,26,29,30). The van der Waals surface area contributed by atoms with Crippen LogP contribution in [0.4, 0.5) is 23.4 Å². The number of ether oxygens (including phenoxy) is 1. The van der Waals surface area contributed by atoms with Crippen molar-refractivity contribution in [2.45, 2.75) is 13.3 Å². The number of aliphatic hydroxyl groups excluding tert-OH is 1. The van der Waals surface area contributed by atoms with Gasteiger partial charge in [0.05, 0.1) is 25.5 Å². The fraction of sp³-hybridized carbons (Fsp3) is 0.375. The van der Waals surface area contributed by atoms with Crippen LogP contribution in [0.15, 0.2) is 30.6 Å². The second-order valence-electron chi connectivity index (χ2n) is 8.43. The van der Waals surface area contributed by atoms with Gasteiger partial charge in [-0.1, -0.05) is 6.07 Å². The van der Waals surface area contributed by atoms with Crippen LogP contribution in [0.5, 0.6) is 0 Å². The Kier molecular flexibility index (Phi) is 6.43. The summed E-state index contributed by atoms with van der Waals surface area (Å²) in [6.45, 7) is 5.23. The Labute approximate surface area is 203 Å². The van der Waals surface area contributed by atoms with Gasteiger partial charge < -0.3 is 30.7 Å². The average molecular weight is 477 g/mol. The molecule has 0 spiro atoms. The number of benzene rings is 1. The van der Waals surface area contributed by atoms with Gasteiger partial charge in [0.2, 0.25) is 11.9 Å². The lowest BCUT2D eigenvalue weighted by molar-refractivity contribution is 0.0302. The van der Waals surface area contributed by atoms with Gasteiger partial charge in [-0.3, -0.25) is 4.79 Å². The molecule has 3 aromatic rings. The van der Waals surface area contributed by atoms with Gasteiger partial charge in [-0.25, -0.2) is 15.0 Å². The van der Waals surface area contributed by atoms with Crippen LogP contribution in [-0.4, -0.2) is 81.8 Å². The number of nitrogens with zero attached hydrogens (tertiary/aromatic N) is 6. The first-order valence-corrected chi connectivity index (χ1v) is 11.6. The van der Waals surface area contributed by atoms with Crippen LogP contribution in [0.25, 0.3) is 11.3 Å². The molecule has 0 bridgehead atoms. The second-order valence-corrected chi connectivity index (χ2v) is 8.43. The molecule has 1 aromatic carbocycles. The number of hydrogen-bond donors (Lipinski definition) is 3. The predicted octanol–water partition coefficient (Wildman–Crippen LogP) is 1.40. The number of carbonyl (C=O) groups excluding carboxylic acids is 1. The number of nitrogen functional groups attached to an aromatic ring is 1. The fourth-order valence-electron chi connectivity index (χ4n) is 4.52. The van der Waals surface area contributed by atoms with E-state index in [1.165, 1.54) is 0 Å². The first-order valence-electron chi connectivity index (χ1n) is 11.6. The van der Waals surface area contributed by atoms with E-state index < -0.39 is 0 Å². The molecule has 0 aliphatic carbocycles. The monoisotopic (exact) mass is 476 g/mol. The lowest BCUT2D eigenvalue weighted by Gasteiger charge is -2.28. The molecule has 0 radical (unpaired) electrons. The number of anilines is 4. The van der Waals surface area contributed by atoms with Crippen LogP contribution in [0, 0.1) is 6.92 Å². The number of carbonyl (C=O) groups is 1. The van der Waals surface area contributed by atoms with Crippen molar-refractivity contribution < 1.29 is 14.6 Å². The molecule has 2 aliphatic rings. The number of fused-ring (bicyclic) bond motifs is 1. The number of amides is 1. The van der Waals surface area contributed by atoms with E-state index in [4.69, 9.17) is 15.5 Å². The summed E-state index contributed by atoms with van der Waals surface area (Å²) in [5.41, 5.74) is 10.6. The van der Waals surface area contributed by atoms with E-state index in [9.17, 15) is 9.90 Å². The van der Waals surface area contributed by atoms with E-state index in [2.05, 4.69) is 25.2 Å². The Hall–Kier alpha value is -3.83. The highest BCUT2D eigenvalue weighted by atomic mass is 16.5. The summed E-state index contributed by atoms with van der Waals surface area (Å²) >= 11 is 0. The zero-order chi connectivity index (χ0) is 24.4. The van der Waals surface area contributed by atoms with Crippen LogP contribution in [-0.2, 0) is 11.2 Å². The summed E-state index contributed by atoms with van der Waals surface area (Å²) in [5, 5.41) is 12.4. The molecule has 35 heavy (non-hydrogen) atoms. The van der Waals surface area contributed by atoms with Crippen molar-refractivity contribution in [2.75, 3.05) is 62.0 Å². The van der Waals surface area contributed by atoms with Gasteiger partial charge in [0.1, 0.15) is 5.82 Å². The molecule has 11 nitrogen and oxygen atoms in total. The molecule has 1 amide bonds. The van der Waals surface area contributed by atoms with Crippen molar-refractivity contribution in [1.29, 1.82) is 0 Å². The zero-order valence-corrected chi connectivity index (χ0v) is 19.6. The number of aromatic nitrogens is 4. The van der Waals surface area contributed by atoms with Gasteiger partial charge in [-0.2, -0.15) is 4.98 Å².